The van der Waals surface area contributed by atoms with E-state index in [1.54, 1.807) is 13.8 Å². The van der Waals surface area contributed by atoms with Gasteiger partial charge in [0.2, 0.25) is 0 Å². The van der Waals surface area contributed by atoms with Crippen molar-refractivity contribution in [1.29, 1.82) is 0 Å². The maximum atomic E-state index is 11.6. The molecule has 3 nitrogen and oxygen atoms in total. The van der Waals surface area contributed by atoms with E-state index in [9.17, 15) is 8.42 Å². The van der Waals surface area contributed by atoms with Gasteiger partial charge in [0.05, 0.1) is 11.0 Å². The molecule has 0 radical (unpaired) electrons. The summed E-state index contributed by atoms with van der Waals surface area (Å²) in [6.45, 7) is 9.57. The second-order valence-corrected chi connectivity index (χ2v) is 8.19. The first-order valence-corrected chi connectivity index (χ1v) is 7.25. The van der Waals surface area contributed by atoms with E-state index in [0.717, 1.165) is 6.42 Å². The smallest absolute Gasteiger partial charge is 0.152 e. The van der Waals surface area contributed by atoms with Crippen LogP contribution >= 0.6 is 0 Å². The van der Waals surface area contributed by atoms with Gasteiger partial charge in [-0.2, -0.15) is 0 Å². The van der Waals surface area contributed by atoms with Crippen LogP contribution in [0, 0.1) is 5.41 Å². The quantitative estimate of drug-likeness (QED) is 0.765. The normalized spacial score (nSPS) is 15.7. The number of nitrogens with two attached hydrogens (primary N) is 1. The van der Waals surface area contributed by atoms with Crippen LogP contribution in [0.5, 0.6) is 0 Å². The van der Waals surface area contributed by atoms with Gasteiger partial charge in [-0.1, -0.05) is 13.8 Å². The zero-order valence-corrected chi connectivity index (χ0v) is 11.4. The lowest BCUT2D eigenvalue weighted by molar-refractivity contribution is 0.300. The maximum Gasteiger partial charge on any atom is 0.152 e. The van der Waals surface area contributed by atoms with Gasteiger partial charge in [-0.25, -0.2) is 8.42 Å². The Kier molecular flexibility index (Phi) is 5.27. The summed E-state index contributed by atoms with van der Waals surface area (Å²) in [4.78, 5) is 0. The molecule has 0 aromatic rings. The van der Waals surface area contributed by atoms with Crippen LogP contribution in [0.2, 0.25) is 0 Å². The predicted octanol–water partition coefficient (Wildman–Crippen LogP) is 1.96. The van der Waals surface area contributed by atoms with Crippen LogP contribution in [0.4, 0.5) is 0 Å². The first kappa shape index (κ1) is 14.9. The molecule has 0 saturated heterocycles. The molecule has 4 heteroatoms. The zero-order chi connectivity index (χ0) is 12.3. The molecule has 0 rings (SSSR count). The van der Waals surface area contributed by atoms with E-state index in [2.05, 4.69) is 13.8 Å². The van der Waals surface area contributed by atoms with Crippen molar-refractivity contribution >= 4 is 9.84 Å². The molecule has 2 N–H and O–H groups in total. The van der Waals surface area contributed by atoms with Crippen LogP contribution in [-0.2, 0) is 9.84 Å². The zero-order valence-electron chi connectivity index (χ0n) is 10.6. The lowest BCUT2D eigenvalue weighted by Crippen LogP contribution is -2.28. The van der Waals surface area contributed by atoms with E-state index in [4.69, 9.17) is 5.73 Å². The number of hydrogen-bond donors (Lipinski definition) is 1. The molecular formula is C11H25NO2S. The van der Waals surface area contributed by atoms with Gasteiger partial charge in [0.1, 0.15) is 0 Å². The minimum atomic E-state index is -2.91. The van der Waals surface area contributed by atoms with Crippen molar-refractivity contribution in [2.24, 2.45) is 11.1 Å². The Morgan fingerprint density at radius 3 is 2.00 bits per heavy atom. The molecular weight excluding hydrogens is 210 g/mol. The van der Waals surface area contributed by atoms with Crippen molar-refractivity contribution in [3.8, 4) is 0 Å². The summed E-state index contributed by atoms with van der Waals surface area (Å²) in [5.74, 6) is 0.268. The second kappa shape index (κ2) is 5.30. The van der Waals surface area contributed by atoms with Crippen LogP contribution in [0.15, 0.2) is 0 Å². The molecule has 0 heterocycles. The van der Waals surface area contributed by atoms with Crippen LogP contribution in [-0.4, -0.2) is 25.5 Å². The number of rotatable bonds is 6. The first-order chi connectivity index (χ1) is 6.57. The van der Waals surface area contributed by atoms with E-state index in [-0.39, 0.29) is 22.5 Å². The van der Waals surface area contributed by atoms with Gasteiger partial charge in [-0.3, -0.25) is 0 Å². The van der Waals surface area contributed by atoms with E-state index in [1.165, 1.54) is 0 Å². The summed E-state index contributed by atoms with van der Waals surface area (Å²) in [5, 5.41) is -0.274. The van der Waals surface area contributed by atoms with Gasteiger partial charge in [0.15, 0.2) is 9.84 Å². The molecule has 0 aliphatic rings. The molecule has 0 bridgehead atoms. The van der Waals surface area contributed by atoms with Gasteiger partial charge < -0.3 is 5.73 Å². The van der Waals surface area contributed by atoms with Crippen molar-refractivity contribution in [2.45, 2.75) is 58.8 Å². The highest BCUT2D eigenvalue weighted by atomic mass is 32.2. The third-order valence-corrected chi connectivity index (χ3v) is 4.87. The molecule has 0 saturated carbocycles. The maximum absolute atomic E-state index is 11.6. The Bertz CT molecular complexity index is 279. The van der Waals surface area contributed by atoms with Gasteiger partial charge >= 0.3 is 0 Å². The standard InChI is InChI=1S/C11H25NO2S/c1-9(2)15(13,14)7-6-11(4,5)8-10(3)12/h9-10H,6-8,12H2,1-5H3. The Morgan fingerprint density at radius 1 is 1.20 bits per heavy atom. The number of sulfone groups is 1. The number of hydrogen-bond acceptors (Lipinski definition) is 3. The summed E-state index contributed by atoms with van der Waals surface area (Å²) in [6.07, 6.45) is 1.55. The molecule has 0 aliphatic carbocycles. The molecule has 1 unspecified atom stereocenters. The molecule has 0 amide bonds. The molecule has 0 aromatic carbocycles. The highest BCUT2D eigenvalue weighted by molar-refractivity contribution is 7.91. The average Bonchev–Trinajstić information content (AvgIpc) is 1.98. The van der Waals surface area contributed by atoms with Crippen LogP contribution in [0.3, 0.4) is 0 Å². The lowest BCUT2D eigenvalue weighted by Gasteiger charge is -2.26. The summed E-state index contributed by atoms with van der Waals surface area (Å²) in [5.41, 5.74) is 5.74. The minimum Gasteiger partial charge on any atom is -0.328 e. The molecule has 92 valence electrons. The third-order valence-electron chi connectivity index (χ3n) is 2.66. The summed E-state index contributed by atoms with van der Waals surface area (Å²) < 4.78 is 23.3. The van der Waals surface area contributed by atoms with Crippen LogP contribution in [0.25, 0.3) is 0 Å². The Balaban J connectivity index is 4.27. The monoisotopic (exact) mass is 235 g/mol. The Morgan fingerprint density at radius 2 is 1.67 bits per heavy atom. The van der Waals surface area contributed by atoms with Gasteiger partial charge in [-0.15, -0.1) is 0 Å². The van der Waals surface area contributed by atoms with Crippen LogP contribution < -0.4 is 5.73 Å². The van der Waals surface area contributed by atoms with Crippen molar-refractivity contribution < 1.29 is 8.42 Å². The Hall–Kier alpha value is -0.0900. The van der Waals surface area contributed by atoms with Gasteiger partial charge in [-0.05, 0) is 39.0 Å². The molecule has 0 spiro atoms. The third kappa shape index (κ3) is 6.15. The molecule has 0 aromatic heterocycles. The minimum absolute atomic E-state index is 0.0100. The van der Waals surface area contributed by atoms with Crippen molar-refractivity contribution in [3.63, 3.8) is 0 Å². The van der Waals surface area contributed by atoms with Crippen LogP contribution in [0.1, 0.15) is 47.5 Å². The summed E-state index contributed by atoms with van der Waals surface area (Å²) >= 11 is 0. The average molecular weight is 235 g/mol. The second-order valence-electron chi connectivity index (χ2n) is 5.51. The van der Waals surface area contributed by atoms with E-state index < -0.39 is 9.84 Å². The van der Waals surface area contributed by atoms with E-state index in [0.29, 0.717) is 6.42 Å². The lowest BCUT2D eigenvalue weighted by atomic mass is 9.84. The van der Waals surface area contributed by atoms with Crippen molar-refractivity contribution in [2.75, 3.05) is 5.75 Å². The first-order valence-electron chi connectivity index (χ1n) is 5.54. The molecule has 15 heavy (non-hydrogen) atoms. The predicted molar refractivity (Wildman–Crippen MR) is 65.6 cm³/mol. The largest absolute Gasteiger partial charge is 0.328 e. The fourth-order valence-electron chi connectivity index (χ4n) is 1.63. The molecule has 1 atom stereocenters. The SMILES string of the molecule is CC(N)CC(C)(C)CCS(=O)(=O)C(C)C. The molecule has 0 aliphatic heterocycles. The highest BCUT2D eigenvalue weighted by Crippen LogP contribution is 2.27. The van der Waals surface area contributed by atoms with E-state index >= 15 is 0 Å². The fourth-order valence-corrected chi connectivity index (χ4v) is 2.94. The molecule has 0 fully saturated rings. The highest BCUT2D eigenvalue weighted by Gasteiger charge is 2.24. The van der Waals surface area contributed by atoms with Gasteiger partial charge in [0.25, 0.3) is 0 Å². The summed E-state index contributed by atoms with van der Waals surface area (Å²) in [7, 11) is -2.91. The Labute approximate surface area is 94.4 Å². The van der Waals surface area contributed by atoms with E-state index in [1.807, 2.05) is 6.92 Å². The summed E-state index contributed by atoms with van der Waals surface area (Å²) in [6, 6.07) is 0.127. The van der Waals surface area contributed by atoms with Gasteiger partial charge in [0, 0.05) is 6.04 Å². The van der Waals surface area contributed by atoms with Crippen molar-refractivity contribution in [3.05, 3.63) is 0 Å². The van der Waals surface area contributed by atoms with Crippen molar-refractivity contribution in [1.82, 2.24) is 0 Å². The fraction of sp³-hybridized carbons (Fsp3) is 1.00. The topological polar surface area (TPSA) is 60.2 Å².